The lowest BCUT2D eigenvalue weighted by molar-refractivity contribution is -0.136. The summed E-state index contributed by atoms with van der Waals surface area (Å²) >= 11 is 5.95. The summed E-state index contributed by atoms with van der Waals surface area (Å²) in [7, 11) is 0. The van der Waals surface area contributed by atoms with Gasteiger partial charge in [0, 0.05) is 37.7 Å². The maximum Gasteiger partial charge on any atom is 0.248 e. The van der Waals surface area contributed by atoms with Crippen LogP contribution in [-0.2, 0) is 22.7 Å². The van der Waals surface area contributed by atoms with Crippen LogP contribution < -0.4 is 0 Å². The molecule has 3 rings (SSSR count). The summed E-state index contributed by atoms with van der Waals surface area (Å²) in [6.45, 7) is 4.94. The van der Waals surface area contributed by atoms with Gasteiger partial charge in [0.25, 0.3) is 0 Å². The second-order valence-corrected chi connectivity index (χ2v) is 7.05. The molecule has 1 aliphatic heterocycles. The Bertz CT molecular complexity index is 691. The Morgan fingerprint density at radius 3 is 2.46 bits per heavy atom. The van der Waals surface area contributed by atoms with Crippen molar-refractivity contribution >= 4 is 17.5 Å². The normalized spacial score (nSPS) is 15.7. The molecule has 0 aromatic heterocycles. The van der Waals surface area contributed by atoms with E-state index < -0.39 is 0 Å². The summed E-state index contributed by atoms with van der Waals surface area (Å²) < 4.78 is 5.59. The first kappa shape index (κ1) is 18.9. The molecule has 26 heavy (non-hydrogen) atoms. The first-order chi connectivity index (χ1) is 12.7. The minimum absolute atomic E-state index is 0.0780. The standard InChI is InChI=1S/C21H25ClN2O2/c22-20-9-7-18(8-10-20)15-23-11-4-12-24(14-13-23)21(25)17-26-16-19-5-2-1-3-6-19/h1-3,5-10H,4,11-17H2. The van der Waals surface area contributed by atoms with Gasteiger partial charge < -0.3 is 9.64 Å². The zero-order valence-electron chi connectivity index (χ0n) is 14.9. The fraction of sp³-hybridized carbons (Fsp3) is 0.381. The van der Waals surface area contributed by atoms with Crippen LogP contribution in [0, 0.1) is 0 Å². The second kappa shape index (κ2) is 9.72. The first-order valence-electron chi connectivity index (χ1n) is 9.07. The lowest BCUT2D eigenvalue weighted by Crippen LogP contribution is -2.37. The Balaban J connectivity index is 1.42. The number of ether oxygens (including phenoxy) is 1. The highest BCUT2D eigenvalue weighted by Gasteiger charge is 2.19. The molecule has 2 aromatic rings. The van der Waals surface area contributed by atoms with Gasteiger partial charge in [-0.2, -0.15) is 0 Å². The van der Waals surface area contributed by atoms with Crippen molar-refractivity contribution in [3.8, 4) is 0 Å². The van der Waals surface area contributed by atoms with Gasteiger partial charge >= 0.3 is 0 Å². The molecular weight excluding hydrogens is 348 g/mol. The zero-order valence-corrected chi connectivity index (χ0v) is 15.7. The number of benzene rings is 2. The van der Waals surface area contributed by atoms with E-state index in [4.69, 9.17) is 16.3 Å². The monoisotopic (exact) mass is 372 g/mol. The molecule has 0 atom stereocenters. The molecule has 0 saturated carbocycles. The van der Waals surface area contributed by atoms with Gasteiger partial charge in [-0.3, -0.25) is 9.69 Å². The van der Waals surface area contributed by atoms with E-state index in [2.05, 4.69) is 17.0 Å². The van der Waals surface area contributed by atoms with Gasteiger partial charge in [-0.1, -0.05) is 54.1 Å². The van der Waals surface area contributed by atoms with E-state index in [9.17, 15) is 4.79 Å². The molecule has 5 heteroatoms. The largest absolute Gasteiger partial charge is 0.367 e. The molecule has 0 spiro atoms. The van der Waals surface area contributed by atoms with E-state index in [1.807, 2.05) is 47.4 Å². The van der Waals surface area contributed by atoms with Crippen molar-refractivity contribution in [2.45, 2.75) is 19.6 Å². The van der Waals surface area contributed by atoms with Gasteiger partial charge in [0.15, 0.2) is 0 Å². The summed E-state index contributed by atoms with van der Waals surface area (Å²) in [4.78, 5) is 16.7. The van der Waals surface area contributed by atoms with Crippen molar-refractivity contribution < 1.29 is 9.53 Å². The molecule has 0 unspecified atom stereocenters. The van der Waals surface area contributed by atoms with E-state index in [0.29, 0.717) is 6.61 Å². The molecule has 0 N–H and O–H groups in total. The van der Waals surface area contributed by atoms with Gasteiger partial charge in [-0.15, -0.1) is 0 Å². The fourth-order valence-corrected chi connectivity index (χ4v) is 3.27. The molecule has 1 saturated heterocycles. The van der Waals surface area contributed by atoms with E-state index in [-0.39, 0.29) is 12.5 Å². The maximum absolute atomic E-state index is 12.4. The number of nitrogens with zero attached hydrogens (tertiary/aromatic N) is 2. The van der Waals surface area contributed by atoms with Crippen LogP contribution in [0.4, 0.5) is 0 Å². The Kier molecular flexibility index (Phi) is 7.06. The molecule has 4 nitrogen and oxygen atoms in total. The number of amides is 1. The van der Waals surface area contributed by atoms with Crippen molar-refractivity contribution in [3.05, 3.63) is 70.7 Å². The number of hydrogen-bond acceptors (Lipinski definition) is 3. The highest BCUT2D eigenvalue weighted by molar-refractivity contribution is 6.30. The fourth-order valence-electron chi connectivity index (χ4n) is 3.15. The molecule has 0 aliphatic carbocycles. The smallest absolute Gasteiger partial charge is 0.248 e. The van der Waals surface area contributed by atoms with Gasteiger partial charge in [0.1, 0.15) is 6.61 Å². The third-order valence-electron chi connectivity index (χ3n) is 4.60. The summed E-state index contributed by atoms with van der Waals surface area (Å²) in [6, 6.07) is 17.9. The van der Waals surface area contributed by atoms with Crippen LogP contribution in [0.25, 0.3) is 0 Å². The number of rotatable bonds is 6. The zero-order chi connectivity index (χ0) is 18.2. The lowest BCUT2D eigenvalue weighted by Gasteiger charge is -2.22. The Morgan fingerprint density at radius 1 is 0.923 bits per heavy atom. The highest BCUT2D eigenvalue weighted by atomic mass is 35.5. The minimum atomic E-state index is 0.0780. The van der Waals surface area contributed by atoms with Crippen LogP contribution in [0.3, 0.4) is 0 Å². The van der Waals surface area contributed by atoms with Gasteiger partial charge in [-0.25, -0.2) is 0 Å². The molecule has 0 radical (unpaired) electrons. The van der Waals surface area contributed by atoms with E-state index in [1.165, 1.54) is 5.56 Å². The maximum atomic E-state index is 12.4. The van der Waals surface area contributed by atoms with Crippen LogP contribution >= 0.6 is 11.6 Å². The minimum Gasteiger partial charge on any atom is -0.367 e. The van der Waals surface area contributed by atoms with Gasteiger partial charge in [0.05, 0.1) is 6.61 Å². The topological polar surface area (TPSA) is 32.8 Å². The van der Waals surface area contributed by atoms with E-state index in [1.54, 1.807) is 0 Å². The average Bonchev–Trinajstić information content (AvgIpc) is 2.90. The van der Waals surface area contributed by atoms with Crippen LogP contribution in [0.15, 0.2) is 54.6 Å². The summed E-state index contributed by atoms with van der Waals surface area (Å²) in [5, 5.41) is 0.761. The third-order valence-corrected chi connectivity index (χ3v) is 4.85. The van der Waals surface area contributed by atoms with Crippen molar-refractivity contribution in [2.75, 3.05) is 32.8 Å². The third kappa shape index (κ3) is 5.84. The van der Waals surface area contributed by atoms with Crippen molar-refractivity contribution in [1.82, 2.24) is 9.80 Å². The number of halogens is 1. The molecule has 0 bridgehead atoms. The Labute approximate surface area is 160 Å². The van der Waals surface area contributed by atoms with Gasteiger partial charge in [-0.05, 0) is 29.7 Å². The first-order valence-corrected chi connectivity index (χ1v) is 9.45. The quantitative estimate of drug-likeness (QED) is 0.776. The van der Waals surface area contributed by atoms with Crippen LogP contribution in [0.2, 0.25) is 5.02 Å². The summed E-state index contributed by atoms with van der Waals surface area (Å²) in [6.07, 6.45) is 0.984. The van der Waals surface area contributed by atoms with Crippen molar-refractivity contribution in [2.24, 2.45) is 0 Å². The van der Waals surface area contributed by atoms with Crippen LogP contribution in [-0.4, -0.2) is 48.5 Å². The predicted octanol–water partition coefficient (Wildman–Crippen LogP) is 3.59. The van der Waals surface area contributed by atoms with E-state index >= 15 is 0 Å². The average molecular weight is 373 g/mol. The predicted molar refractivity (Wildman–Crippen MR) is 104 cm³/mol. The van der Waals surface area contributed by atoms with Crippen molar-refractivity contribution in [3.63, 3.8) is 0 Å². The van der Waals surface area contributed by atoms with Crippen LogP contribution in [0.1, 0.15) is 17.5 Å². The van der Waals surface area contributed by atoms with Crippen molar-refractivity contribution in [1.29, 1.82) is 0 Å². The number of hydrogen-bond donors (Lipinski definition) is 0. The highest BCUT2D eigenvalue weighted by Crippen LogP contribution is 2.13. The number of carbonyl (C=O) groups is 1. The van der Waals surface area contributed by atoms with Gasteiger partial charge in [0.2, 0.25) is 5.91 Å². The molecule has 2 aromatic carbocycles. The second-order valence-electron chi connectivity index (χ2n) is 6.62. The molecular formula is C21H25ClN2O2. The van der Waals surface area contributed by atoms with E-state index in [0.717, 1.165) is 49.7 Å². The summed E-state index contributed by atoms with van der Waals surface area (Å²) in [5.74, 6) is 0.0780. The molecule has 1 amide bonds. The molecule has 1 aliphatic rings. The number of carbonyl (C=O) groups excluding carboxylic acids is 1. The Morgan fingerprint density at radius 2 is 1.69 bits per heavy atom. The Hall–Kier alpha value is -1.88. The lowest BCUT2D eigenvalue weighted by atomic mass is 10.2. The van der Waals surface area contributed by atoms with Crippen LogP contribution in [0.5, 0.6) is 0 Å². The molecule has 138 valence electrons. The SMILES string of the molecule is O=C(COCc1ccccc1)N1CCCN(Cc2ccc(Cl)cc2)CC1. The summed E-state index contributed by atoms with van der Waals surface area (Å²) in [5.41, 5.74) is 2.34. The molecule has 1 fully saturated rings. The molecule has 1 heterocycles.